The lowest BCUT2D eigenvalue weighted by molar-refractivity contribution is 0.112. The number of thiophene rings is 1. The number of hydrogen-bond acceptors (Lipinski definition) is 4. The molecule has 28 heavy (non-hydrogen) atoms. The summed E-state index contributed by atoms with van der Waals surface area (Å²) in [7, 11) is 0. The van der Waals surface area contributed by atoms with Gasteiger partial charge in [0.1, 0.15) is 5.75 Å². The molecular weight excluding hydrogens is 366 g/mol. The highest BCUT2D eigenvalue weighted by Gasteiger charge is 2.11. The van der Waals surface area contributed by atoms with Gasteiger partial charge in [-0.05, 0) is 63.1 Å². The highest BCUT2D eigenvalue weighted by molar-refractivity contribution is 7.14. The van der Waals surface area contributed by atoms with Crippen LogP contribution in [0.5, 0.6) is 5.75 Å². The van der Waals surface area contributed by atoms with Crippen molar-refractivity contribution in [2.24, 2.45) is 0 Å². The Morgan fingerprint density at radius 1 is 1.00 bits per heavy atom. The molecule has 0 aliphatic heterocycles. The molecule has 1 aromatic heterocycles. The average Bonchev–Trinajstić information content (AvgIpc) is 3.15. The van der Waals surface area contributed by atoms with E-state index in [1.807, 2.05) is 18.2 Å². The van der Waals surface area contributed by atoms with Crippen LogP contribution in [0, 0.1) is 0 Å². The first kappa shape index (κ1) is 22.2. The summed E-state index contributed by atoms with van der Waals surface area (Å²) in [6.07, 6.45) is 9.92. The summed E-state index contributed by atoms with van der Waals surface area (Å²) in [5.41, 5.74) is 2.29. The molecule has 0 unspecified atom stereocenters. The summed E-state index contributed by atoms with van der Waals surface area (Å²) in [5.74, 6) is 0.911. The van der Waals surface area contributed by atoms with E-state index in [1.54, 1.807) is 0 Å². The smallest absolute Gasteiger partial charge is 0.160 e. The van der Waals surface area contributed by atoms with Crippen molar-refractivity contribution in [1.29, 1.82) is 0 Å². The van der Waals surface area contributed by atoms with E-state index in [4.69, 9.17) is 4.74 Å². The summed E-state index contributed by atoms with van der Waals surface area (Å²) < 4.78 is 6.13. The Hall–Kier alpha value is -2.07. The second-order valence-electron chi connectivity index (χ2n) is 7.27. The monoisotopic (exact) mass is 399 g/mol. The Balaban J connectivity index is 2.28. The summed E-state index contributed by atoms with van der Waals surface area (Å²) in [5, 5.41) is 0. The molecule has 1 aromatic carbocycles. The van der Waals surface area contributed by atoms with Crippen molar-refractivity contribution in [2.45, 2.75) is 59.5 Å². The Kier molecular flexibility index (Phi) is 9.29. The molecule has 0 saturated heterocycles. The van der Waals surface area contributed by atoms with Crippen LogP contribution in [0.15, 0.2) is 30.3 Å². The molecular formula is C24H33NO2S. The Bertz CT molecular complexity index is 756. The van der Waals surface area contributed by atoms with Crippen molar-refractivity contribution in [2.75, 3.05) is 18.0 Å². The summed E-state index contributed by atoms with van der Waals surface area (Å²) in [6.45, 7) is 10.7. The van der Waals surface area contributed by atoms with Crippen LogP contribution in [0.2, 0.25) is 0 Å². The Labute approximate surface area is 174 Å². The fraction of sp³-hybridized carbons (Fsp3) is 0.458. The largest absolute Gasteiger partial charge is 0.490 e. The van der Waals surface area contributed by atoms with Crippen molar-refractivity contribution in [1.82, 2.24) is 0 Å². The number of carbonyl (C=O) groups is 1. The fourth-order valence-corrected chi connectivity index (χ4v) is 3.70. The van der Waals surface area contributed by atoms with Gasteiger partial charge in [0.2, 0.25) is 0 Å². The predicted octanol–water partition coefficient (Wildman–Crippen LogP) is 6.92. The van der Waals surface area contributed by atoms with Gasteiger partial charge in [-0.3, -0.25) is 4.79 Å². The maximum absolute atomic E-state index is 10.9. The zero-order valence-electron chi connectivity index (χ0n) is 17.6. The van der Waals surface area contributed by atoms with Crippen molar-refractivity contribution in [3.8, 4) is 5.75 Å². The van der Waals surface area contributed by atoms with Crippen LogP contribution in [0.4, 0.5) is 5.69 Å². The van der Waals surface area contributed by atoms with Gasteiger partial charge in [0.05, 0.1) is 11.0 Å². The summed E-state index contributed by atoms with van der Waals surface area (Å²) >= 11 is 1.49. The van der Waals surface area contributed by atoms with E-state index in [2.05, 4.69) is 56.9 Å². The van der Waals surface area contributed by atoms with Crippen LogP contribution < -0.4 is 9.64 Å². The molecule has 0 saturated carbocycles. The van der Waals surface area contributed by atoms with Crippen molar-refractivity contribution >= 4 is 35.5 Å². The molecule has 0 aliphatic carbocycles. The van der Waals surface area contributed by atoms with Crippen LogP contribution in [0.1, 0.15) is 73.5 Å². The van der Waals surface area contributed by atoms with E-state index in [1.165, 1.54) is 42.7 Å². The molecule has 1 heterocycles. The van der Waals surface area contributed by atoms with Crippen LogP contribution in [0.3, 0.4) is 0 Å². The molecule has 0 radical (unpaired) electrons. The van der Waals surface area contributed by atoms with Crippen molar-refractivity contribution < 1.29 is 9.53 Å². The third kappa shape index (κ3) is 6.83. The molecule has 0 N–H and O–H groups in total. The maximum Gasteiger partial charge on any atom is 0.160 e. The molecule has 0 spiro atoms. The third-order valence-corrected chi connectivity index (χ3v) is 5.45. The third-order valence-electron chi connectivity index (χ3n) is 4.48. The molecule has 0 aliphatic rings. The minimum Gasteiger partial charge on any atom is -0.490 e. The van der Waals surface area contributed by atoms with E-state index >= 15 is 0 Å². The second kappa shape index (κ2) is 11.7. The highest BCUT2D eigenvalue weighted by atomic mass is 32.1. The van der Waals surface area contributed by atoms with E-state index in [0.717, 1.165) is 40.4 Å². The van der Waals surface area contributed by atoms with Gasteiger partial charge < -0.3 is 9.64 Å². The highest BCUT2D eigenvalue weighted by Crippen LogP contribution is 2.29. The average molecular weight is 400 g/mol. The molecule has 3 nitrogen and oxygen atoms in total. The lowest BCUT2D eigenvalue weighted by Crippen LogP contribution is -2.25. The molecule has 0 amide bonds. The van der Waals surface area contributed by atoms with Crippen LogP contribution in [-0.4, -0.2) is 25.5 Å². The number of ether oxygens (including phenoxy) is 1. The Morgan fingerprint density at radius 3 is 2.25 bits per heavy atom. The van der Waals surface area contributed by atoms with Crippen LogP contribution in [-0.2, 0) is 0 Å². The van der Waals surface area contributed by atoms with Crippen LogP contribution >= 0.6 is 11.3 Å². The zero-order valence-corrected chi connectivity index (χ0v) is 18.4. The number of unbranched alkanes of at least 4 members (excludes halogenated alkanes) is 2. The van der Waals surface area contributed by atoms with Crippen LogP contribution in [0.25, 0.3) is 12.2 Å². The van der Waals surface area contributed by atoms with Gasteiger partial charge in [-0.2, -0.15) is 0 Å². The van der Waals surface area contributed by atoms with E-state index in [9.17, 15) is 4.79 Å². The minimum absolute atomic E-state index is 0.116. The number of benzene rings is 1. The number of aldehydes is 1. The predicted molar refractivity (Wildman–Crippen MR) is 123 cm³/mol. The van der Waals surface area contributed by atoms with Gasteiger partial charge in [-0.1, -0.05) is 26.7 Å². The standard InChI is InChI=1S/C24H33NO2S/c1-5-7-15-25(16-8-6-2)21-11-9-20(24(17-21)27-19(3)4)10-12-22-13-14-23(18-26)28-22/h9-14,17-19H,5-8,15-16H2,1-4H3/b12-10+. The maximum atomic E-state index is 10.9. The first-order valence-electron chi connectivity index (χ1n) is 10.4. The lowest BCUT2D eigenvalue weighted by Gasteiger charge is -2.26. The molecule has 4 heteroatoms. The summed E-state index contributed by atoms with van der Waals surface area (Å²) in [4.78, 5) is 15.2. The lowest BCUT2D eigenvalue weighted by atomic mass is 10.1. The molecule has 0 atom stereocenters. The van der Waals surface area contributed by atoms with Crippen molar-refractivity contribution in [3.05, 3.63) is 45.6 Å². The normalized spacial score (nSPS) is 11.3. The first-order chi connectivity index (χ1) is 13.6. The van der Waals surface area contributed by atoms with Gasteiger partial charge in [0.15, 0.2) is 6.29 Å². The number of nitrogens with zero attached hydrogens (tertiary/aromatic N) is 1. The Morgan fingerprint density at radius 2 is 1.68 bits per heavy atom. The van der Waals surface area contributed by atoms with Crippen molar-refractivity contribution in [3.63, 3.8) is 0 Å². The quantitative estimate of drug-likeness (QED) is 0.363. The van der Waals surface area contributed by atoms with E-state index < -0.39 is 0 Å². The number of anilines is 1. The number of hydrogen-bond donors (Lipinski definition) is 0. The number of carbonyl (C=O) groups excluding carboxylic acids is 1. The molecule has 2 aromatic rings. The van der Waals surface area contributed by atoms with E-state index in [0.29, 0.717) is 0 Å². The van der Waals surface area contributed by atoms with Gasteiger partial charge in [0.25, 0.3) is 0 Å². The first-order valence-corrected chi connectivity index (χ1v) is 11.2. The fourth-order valence-electron chi connectivity index (χ4n) is 2.97. The molecule has 0 bridgehead atoms. The second-order valence-corrected chi connectivity index (χ2v) is 8.42. The van der Waals surface area contributed by atoms with Gasteiger partial charge in [-0.15, -0.1) is 11.3 Å². The number of rotatable bonds is 12. The minimum atomic E-state index is 0.116. The topological polar surface area (TPSA) is 29.5 Å². The SMILES string of the molecule is CCCCN(CCCC)c1ccc(/C=C/c2ccc(C=O)s2)c(OC(C)C)c1. The summed E-state index contributed by atoms with van der Waals surface area (Å²) in [6, 6.07) is 10.3. The van der Waals surface area contributed by atoms with Gasteiger partial charge >= 0.3 is 0 Å². The molecule has 0 fully saturated rings. The van der Waals surface area contributed by atoms with E-state index in [-0.39, 0.29) is 6.10 Å². The van der Waals surface area contributed by atoms with Gasteiger partial charge in [-0.25, -0.2) is 0 Å². The molecule has 152 valence electrons. The molecule has 2 rings (SSSR count). The van der Waals surface area contributed by atoms with Gasteiger partial charge in [0, 0.05) is 35.3 Å². The zero-order chi connectivity index (χ0) is 20.4.